The van der Waals surface area contributed by atoms with Gasteiger partial charge in [0, 0.05) is 12.4 Å². The van der Waals surface area contributed by atoms with E-state index >= 15 is 0 Å². The van der Waals surface area contributed by atoms with E-state index in [1.54, 1.807) is 0 Å². The fraction of sp³-hybridized carbons (Fsp3) is 0.250. The Hall–Kier alpha value is -2.02. The third-order valence-corrected chi connectivity index (χ3v) is 1.61. The molecule has 0 aromatic carbocycles. The molecular formula is C8H9N3O4. The minimum absolute atomic E-state index is 0.136. The summed E-state index contributed by atoms with van der Waals surface area (Å²) in [6, 6.07) is -1.32. The molecule has 0 saturated heterocycles. The summed E-state index contributed by atoms with van der Waals surface area (Å²) in [6.45, 7) is -0.672. The quantitative estimate of drug-likeness (QED) is 0.567. The van der Waals surface area contributed by atoms with Crippen LogP contribution in [0.15, 0.2) is 18.7 Å². The number of nitrogens with zero attached hydrogens (tertiary/aromatic N) is 2. The molecule has 1 amide bonds. The molecule has 0 saturated carbocycles. The van der Waals surface area contributed by atoms with Gasteiger partial charge in [0.1, 0.15) is 6.33 Å². The molecule has 1 atom stereocenters. The second-order valence-electron chi connectivity index (χ2n) is 2.67. The van der Waals surface area contributed by atoms with Gasteiger partial charge in [-0.2, -0.15) is 0 Å². The van der Waals surface area contributed by atoms with E-state index in [4.69, 9.17) is 10.2 Å². The number of carboxylic acid groups (broad SMARTS) is 1. The maximum atomic E-state index is 11.4. The average Bonchev–Trinajstić information content (AvgIpc) is 2.26. The Morgan fingerprint density at radius 1 is 1.40 bits per heavy atom. The van der Waals surface area contributed by atoms with Gasteiger partial charge < -0.3 is 15.5 Å². The summed E-state index contributed by atoms with van der Waals surface area (Å²) in [5.74, 6) is -1.94. The third kappa shape index (κ3) is 2.99. The summed E-state index contributed by atoms with van der Waals surface area (Å²) in [7, 11) is 0. The number of aliphatic hydroxyl groups is 1. The predicted octanol–water partition coefficient (Wildman–Crippen LogP) is -1.35. The highest BCUT2D eigenvalue weighted by molar-refractivity contribution is 5.96. The molecule has 3 N–H and O–H groups in total. The standard InChI is InChI=1S/C8H9N3O4/c12-3-6(8(14)15)11-7(13)5-1-9-4-10-2-5/h1-2,4,6,12H,3H2,(H,11,13)(H,14,15). The summed E-state index contributed by atoms with van der Waals surface area (Å²) in [6.07, 6.45) is 3.74. The number of aliphatic hydroxyl groups excluding tert-OH is 1. The summed E-state index contributed by atoms with van der Waals surface area (Å²) in [4.78, 5) is 29.0. The maximum absolute atomic E-state index is 11.4. The lowest BCUT2D eigenvalue weighted by Crippen LogP contribution is -2.43. The highest BCUT2D eigenvalue weighted by Crippen LogP contribution is 1.94. The van der Waals surface area contributed by atoms with Crippen LogP contribution in [0.3, 0.4) is 0 Å². The first-order valence-electron chi connectivity index (χ1n) is 4.04. The van der Waals surface area contributed by atoms with Gasteiger partial charge in [-0.05, 0) is 0 Å². The van der Waals surface area contributed by atoms with Crippen LogP contribution < -0.4 is 5.32 Å². The first kappa shape index (κ1) is 11.1. The zero-order chi connectivity index (χ0) is 11.3. The van der Waals surface area contributed by atoms with Crippen molar-refractivity contribution in [3.05, 3.63) is 24.3 Å². The number of nitrogens with one attached hydrogen (secondary N) is 1. The number of rotatable bonds is 4. The number of aromatic nitrogens is 2. The van der Waals surface area contributed by atoms with Crippen LogP contribution in [0.5, 0.6) is 0 Å². The van der Waals surface area contributed by atoms with Gasteiger partial charge in [0.05, 0.1) is 12.2 Å². The Bertz CT molecular complexity index is 354. The normalized spacial score (nSPS) is 11.8. The van der Waals surface area contributed by atoms with Gasteiger partial charge in [0.15, 0.2) is 6.04 Å². The van der Waals surface area contributed by atoms with Crippen molar-refractivity contribution in [1.82, 2.24) is 15.3 Å². The fourth-order valence-electron chi connectivity index (χ4n) is 0.843. The van der Waals surface area contributed by atoms with Crippen LogP contribution in [0.4, 0.5) is 0 Å². The second-order valence-corrected chi connectivity index (χ2v) is 2.67. The molecule has 15 heavy (non-hydrogen) atoms. The molecule has 0 aliphatic heterocycles. The molecule has 1 aromatic rings. The molecule has 1 heterocycles. The second kappa shape index (κ2) is 5.01. The highest BCUT2D eigenvalue weighted by atomic mass is 16.4. The van der Waals surface area contributed by atoms with Crippen LogP contribution in [0.2, 0.25) is 0 Å². The van der Waals surface area contributed by atoms with E-state index in [2.05, 4.69) is 15.3 Å². The Kier molecular flexibility index (Phi) is 3.69. The topological polar surface area (TPSA) is 112 Å². The monoisotopic (exact) mass is 211 g/mol. The number of aliphatic carboxylic acids is 1. The number of carbonyl (C=O) groups excluding carboxylic acids is 1. The lowest BCUT2D eigenvalue weighted by Gasteiger charge is -2.10. The summed E-state index contributed by atoms with van der Waals surface area (Å²) in [5.41, 5.74) is 0.136. The van der Waals surface area contributed by atoms with Crippen LogP contribution in [-0.4, -0.2) is 44.7 Å². The predicted molar refractivity (Wildman–Crippen MR) is 48.0 cm³/mol. The van der Waals surface area contributed by atoms with E-state index in [1.807, 2.05) is 0 Å². The van der Waals surface area contributed by atoms with Crippen molar-refractivity contribution in [2.24, 2.45) is 0 Å². The SMILES string of the molecule is O=C(NC(CO)C(=O)O)c1cncnc1. The molecule has 1 unspecified atom stereocenters. The van der Waals surface area contributed by atoms with E-state index in [1.165, 1.54) is 18.7 Å². The molecule has 7 nitrogen and oxygen atoms in total. The number of carbonyl (C=O) groups is 2. The Morgan fingerprint density at radius 2 is 2.00 bits per heavy atom. The van der Waals surface area contributed by atoms with Gasteiger partial charge in [-0.15, -0.1) is 0 Å². The molecular weight excluding hydrogens is 202 g/mol. The van der Waals surface area contributed by atoms with Crippen molar-refractivity contribution in [3.8, 4) is 0 Å². The van der Waals surface area contributed by atoms with Gasteiger partial charge in [0.25, 0.3) is 5.91 Å². The van der Waals surface area contributed by atoms with Crippen molar-refractivity contribution in [2.45, 2.75) is 6.04 Å². The Balaban J connectivity index is 2.67. The largest absolute Gasteiger partial charge is 0.480 e. The van der Waals surface area contributed by atoms with Gasteiger partial charge in [-0.25, -0.2) is 14.8 Å². The maximum Gasteiger partial charge on any atom is 0.328 e. The summed E-state index contributed by atoms with van der Waals surface area (Å²) >= 11 is 0. The van der Waals surface area contributed by atoms with Crippen LogP contribution >= 0.6 is 0 Å². The van der Waals surface area contributed by atoms with Crippen molar-refractivity contribution in [2.75, 3.05) is 6.61 Å². The van der Waals surface area contributed by atoms with E-state index in [0.29, 0.717) is 0 Å². The van der Waals surface area contributed by atoms with E-state index in [-0.39, 0.29) is 5.56 Å². The highest BCUT2D eigenvalue weighted by Gasteiger charge is 2.19. The molecule has 0 spiro atoms. The minimum atomic E-state index is -1.32. The minimum Gasteiger partial charge on any atom is -0.480 e. The Labute approximate surface area is 84.8 Å². The number of hydrogen-bond donors (Lipinski definition) is 3. The van der Waals surface area contributed by atoms with Gasteiger partial charge >= 0.3 is 5.97 Å². The Morgan fingerprint density at radius 3 is 2.47 bits per heavy atom. The molecule has 80 valence electrons. The van der Waals surface area contributed by atoms with Crippen molar-refractivity contribution < 1.29 is 19.8 Å². The fourth-order valence-corrected chi connectivity index (χ4v) is 0.843. The number of carboxylic acids is 1. The number of hydrogen-bond acceptors (Lipinski definition) is 5. The zero-order valence-electron chi connectivity index (χ0n) is 7.62. The van der Waals surface area contributed by atoms with Gasteiger partial charge in [-0.1, -0.05) is 0 Å². The lowest BCUT2D eigenvalue weighted by atomic mass is 10.2. The van der Waals surface area contributed by atoms with E-state index < -0.39 is 24.5 Å². The lowest BCUT2D eigenvalue weighted by molar-refractivity contribution is -0.140. The van der Waals surface area contributed by atoms with Crippen LogP contribution in [0.25, 0.3) is 0 Å². The first-order chi connectivity index (χ1) is 7.15. The number of amides is 1. The van der Waals surface area contributed by atoms with Crippen molar-refractivity contribution in [1.29, 1.82) is 0 Å². The molecule has 1 aromatic heterocycles. The molecule has 0 aliphatic rings. The van der Waals surface area contributed by atoms with Crippen molar-refractivity contribution in [3.63, 3.8) is 0 Å². The third-order valence-electron chi connectivity index (χ3n) is 1.61. The van der Waals surface area contributed by atoms with Crippen LogP contribution in [-0.2, 0) is 4.79 Å². The van der Waals surface area contributed by atoms with Crippen LogP contribution in [0.1, 0.15) is 10.4 Å². The molecule has 0 aliphatic carbocycles. The van der Waals surface area contributed by atoms with Gasteiger partial charge in [0.2, 0.25) is 0 Å². The van der Waals surface area contributed by atoms with Gasteiger partial charge in [-0.3, -0.25) is 4.79 Å². The molecule has 0 radical (unpaired) electrons. The van der Waals surface area contributed by atoms with Crippen LogP contribution in [0, 0.1) is 0 Å². The molecule has 0 bridgehead atoms. The molecule has 7 heteroatoms. The zero-order valence-corrected chi connectivity index (χ0v) is 7.62. The average molecular weight is 211 g/mol. The smallest absolute Gasteiger partial charge is 0.328 e. The van der Waals surface area contributed by atoms with E-state index in [9.17, 15) is 9.59 Å². The van der Waals surface area contributed by atoms with Crippen molar-refractivity contribution >= 4 is 11.9 Å². The molecule has 1 rings (SSSR count). The summed E-state index contributed by atoms with van der Waals surface area (Å²) < 4.78 is 0. The van der Waals surface area contributed by atoms with E-state index in [0.717, 1.165) is 0 Å². The summed E-state index contributed by atoms with van der Waals surface area (Å²) in [5, 5.41) is 19.3. The first-order valence-corrected chi connectivity index (χ1v) is 4.04. The molecule has 0 fully saturated rings.